The first-order valence-electron chi connectivity index (χ1n) is 8.59. The Hall–Kier alpha value is -1.86. The van der Waals surface area contributed by atoms with Gasteiger partial charge in [-0.1, -0.05) is 42.1 Å². The van der Waals surface area contributed by atoms with Crippen LogP contribution in [-0.4, -0.2) is 38.4 Å². The molecule has 0 spiro atoms. The number of benzene rings is 2. The Balaban J connectivity index is 1.66. The predicted octanol–water partition coefficient (Wildman–Crippen LogP) is 3.27. The highest BCUT2D eigenvalue weighted by Gasteiger charge is 2.14. The zero-order chi connectivity index (χ0) is 18.5. The number of imidazole rings is 1. The molecule has 3 rings (SSSR count). The summed E-state index contributed by atoms with van der Waals surface area (Å²) in [5.41, 5.74) is 5.50. The van der Waals surface area contributed by atoms with Crippen LogP contribution in [0.2, 0.25) is 0 Å². The zero-order valence-electron chi connectivity index (χ0n) is 15.1. The Kier molecular flexibility index (Phi) is 6.32. The molecular formula is C20H24N2O3S. The Morgan fingerprint density at radius 1 is 1.15 bits per heavy atom. The molecule has 0 amide bonds. The molecule has 2 N–H and O–H groups in total. The topological polar surface area (TPSA) is 67.5 Å². The monoisotopic (exact) mass is 372 g/mol. The van der Waals surface area contributed by atoms with Crippen molar-refractivity contribution in [2.24, 2.45) is 0 Å². The Bertz CT molecular complexity index is 879. The summed E-state index contributed by atoms with van der Waals surface area (Å²) >= 11 is 1.49. The van der Waals surface area contributed by atoms with Gasteiger partial charge in [-0.3, -0.25) is 0 Å². The van der Waals surface area contributed by atoms with Crippen LogP contribution in [0.4, 0.5) is 0 Å². The standard InChI is InChI=1S/C20H24N2O3S/c1-14-7-8-16(9-15(14)2)12-25-13-26-20-21-18-5-3-4-6-19(18)22(20)10-17(24)11-23/h3-9,17,23-24H,10-13H2,1-2H3. The van der Waals surface area contributed by atoms with Crippen molar-refractivity contribution in [2.75, 3.05) is 12.5 Å². The minimum atomic E-state index is -0.816. The lowest BCUT2D eigenvalue weighted by molar-refractivity contribution is 0.0801. The predicted molar refractivity (Wildman–Crippen MR) is 104 cm³/mol. The number of aliphatic hydroxyl groups is 2. The molecule has 3 aromatic rings. The fraction of sp³-hybridized carbons (Fsp3) is 0.350. The lowest BCUT2D eigenvalue weighted by Crippen LogP contribution is -2.20. The minimum absolute atomic E-state index is 0.278. The summed E-state index contributed by atoms with van der Waals surface area (Å²) in [5.74, 6) is 0.464. The Morgan fingerprint density at radius 3 is 2.73 bits per heavy atom. The molecule has 138 valence electrons. The highest BCUT2D eigenvalue weighted by Crippen LogP contribution is 2.25. The third-order valence-corrected chi connectivity index (χ3v) is 5.19. The number of thioether (sulfide) groups is 1. The summed E-state index contributed by atoms with van der Waals surface area (Å²) in [6.45, 7) is 4.77. The Labute approximate surface area is 157 Å². The molecule has 1 atom stereocenters. The van der Waals surface area contributed by atoms with Crippen molar-refractivity contribution in [3.05, 3.63) is 59.2 Å². The van der Waals surface area contributed by atoms with Gasteiger partial charge in [0.15, 0.2) is 5.16 Å². The van der Waals surface area contributed by atoms with Gasteiger partial charge in [0.2, 0.25) is 0 Å². The highest BCUT2D eigenvalue weighted by atomic mass is 32.2. The van der Waals surface area contributed by atoms with Crippen LogP contribution in [0.1, 0.15) is 16.7 Å². The maximum atomic E-state index is 9.84. The number of aromatic nitrogens is 2. The van der Waals surface area contributed by atoms with Crippen LogP contribution in [0.25, 0.3) is 11.0 Å². The van der Waals surface area contributed by atoms with Crippen LogP contribution in [0.15, 0.2) is 47.6 Å². The molecule has 0 fully saturated rings. The van der Waals surface area contributed by atoms with Crippen molar-refractivity contribution in [1.29, 1.82) is 0 Å². The minimum Gasteiger partial charge on any atom is -0.394 e. The van der Waals surface area contributed by atoms with Crippen LogP contribution < -0.4 is 0 Å². The molecule has 0 bridgehead atoms. The average Bonchev–Trinajstić information content (AvgIpc) is 2.99. The van der Waals surface area contributed by atoms with Gasteiger partial charge in [0.25, 0.3) is 0 Å². The van der Waals surface area contributed by atoms with Gasteiger partial charge in [-0.25, -0.2) is 4.98 Å². The third-order valence-electron chi connectivity index (χ3n) is 4.34. The second kappa shape index (κ2) is 8.68. The molecule has 6 heteroatoms. The van der Waals surface area contributed by atoms with Gasteiger partial charge in [0.1, 0.15) is 5.94 Å². The van der Waals surface area contributed by atoms with Gasteiger partial charge >= 0.3 is 0 Å². The smallest absolute Gasteiger partial charge is 0.171 e. The Morgan fingerprint density at radius 2 is 1.96 bits per heavy atom. The number of ether oxygens (including phenoxy) is 1. The van der Waals surface area contributed by atoms with Crippen LogP contribution in [0, 0.1) is 13.8 Å². The fourth-order valence-electron chi connectivity index (χ4n) is 2.76. The fourth-order valence-corrected chi connectivity index (χ4v) is 3.52. The number of rotatable bonds is 8. The van der Waals surface area contributed by atoms with Crippen LogP contribution in [0.5, 0.6) is 0 Å². The van der Waals surface area contributed by atoms with Gasteiger partial charge in [0, 0.05) is 0 Å². The van der Waals surface area contributed by atoms with Crippen LogP contribution >= 0.6 is 11.8 Å². The van der Waals surface area contributed by atoms with E-state index in [1.54, 1.807) is 0 Å². The molecule has 1 unspecified atom stereocenters. The maximum Gasteiger partial charge on any atom is 0.171 e. The molecule has 5 nitrogen and oxygen atoms in total. The molecule has 0 aliphatic carbocycles. The molecule has 0 aliphatic rings. The van der Waals surface area contributed by atoms with Gasteiger partial charge in [-0.15, -0.1) is 0 Å². The number of hydrogen-bond donors (Lipinski definition) is 2. The first kappa shape index (κ1) is 18.9. The summed E-state index contributed by atoms with van der Waals surface area (Å²) < 4.78 is 7.73. The van der Waals surface area contributed by atoms with Crippen LogP contribution in [-0.2, 0) is 17.9 Å². The molecule has 1 aromatic heterocycles. The van der Waals surface area contributed by atoms with E-state index in [1.165, 1.54) is 22.9 Å². The number of para-hydroxylation sites is 2. The summed E-state index contributed by atoms with van der Waals surface area (Å²) in [4.78, 5) is 4.62. The second-order valence-corrected chi connectivity index (χ2v) is 7.25. The van der Waals surface area contributed by atoms with Crippen molar-refractivity contribution in [1.82, 2.24) is 9.55 Å². The van der Waals surface area contributed by atoms with Crippen molar-refractivity contribution in [3.63, 3.8) is 0 Å². The maximum absolute atomic E-state index is 9.84. The van der Waals surface area contributed by atoms with Crippen molar-refractivity contribution < 1.29 is 14.9 Å². The van der Waals surface area contributed by atoms with E-state index in [0.717, 1.165) is 21.8 Å². The van der Waals surface area contributed by atoms with E-state index in [2.05, 4.69) is 37.0 Å². The molecule has 0 saturated heterocycles. The lowest BCUT2D eigenvalue weighted by Gasteiger charge is -2.12. The van der Waals surface area contributed by atoms with Crippen molar-refractivity contribution in [3.8, 4) is 0 Å². The number of hydrogen-bond acceptors (Lipinski definition) is 5. The van der Waals surface area contributed by atoms with E-state index < -0.39 is 6.10 Å². The third kappa shape index (κ3) is 4.45. The summed E-state index contributed by atoms with van der Waals surface area (Å²) in [6, 6.07) is 14.1. The van der Waals surface area contributed by atoms with E-state index >= 15 is 0 Å². The van der Waals surface area contributed by atoms with Crippen molar-refractivity contribution in [2.45, 2.75) is 38.3 Å². The molecule has 2 aromatic carbocycles. The van der Waals surface area contributed by atoms with Gasteiger partial charge in [-0.05, 0) is 42.7 Å². The van der Waals surface area contributed by atoms with E-state index in [-0.39, 0.29) is 6.61 Å². The number of fused-ring (bicyclic) bond motifs is 1. The van der Waals surface area contributed by atoms with Crippen molar-refractivity contribution >= 4 is 22.8 Å². The molecule has 0 radical (unpaired) electrons. The number of aliphatic hydroxyl groups excluding tert-OH is 2. The quantitative estimate of drug-likeness (QED) is 0.361. The van der Waals surface area contributed by atoms with Crippen LogP contribution in [0.3, 0.4) is 0 Å². The first-order chi connectivity index (χ1) is 12.6. The van der Waals surface area contributed by atoms with Gasteiger partial charge < -0.3 is 19.5 Å². The summed E-state index contributed by atoms with van der Waals surface area (Å²) in [6.07, 6.45) is -0.816. The molecule has 0 saturated carbocycles. The average molecular weight is 372 g/mol. The SMILES string of the molecule is Cc1ccc(COCSc2nc3ccccc3n2CC(O)CO)cc1C. The van der Waals surface area contributed by atoms with E-state index in [0.29, 0.717) is 19.1 Å². The normalized spacial score (nSPS) is 12.6. The van der Waals surface area contributed by atoms with Gasteiger partial charge in [0.05, 0.1) is 36.9 Å². The lowest BCUT2D eigenvalue weighted by atomic mass is 10.1. The largest absolute Gasteiger partial charge is 0.394 e. The molecule has 0 aliphatic heterocycles. The first-order valence-corrected chi connectivity index (χ1v) is 9.58. The molecule has 1 heterocycles. The summed E-state index contributed by atoms with van der Waals surface area (Å²) in [7, 11) is 0. The highest BCUT2D eigenvalue weighted by molar-refractivity contribution is 7.99. The molecular weight excluding hydrogens is 348 g/mol. The summed E-state index contributed by atoms with van der Waals surface area (Å²) in [5, 5.41) is 19.8. The van der Waals surface area contributed by atoms with E-state index in [1.807, 2.05) is 28.8 Å². The zero-order valence-corrected chi connectivity index (χ0v) is 15.9. The number of aryl methyl sites for hydroxylation is 2. The van der Waals surface area contributed by atoms with E-state index in [4.69, 9.17) is 9.84 Å². The second-order valence-electron chi connectivity index (χ2n) is 6.36. The van der Waals surface area contributed by atoms with Gasteiger partial charge in [-0.2, -0.15) is 0 Å². The number of nitrogens with zero attached hydrogens (tertiary/aromatic N) is 2. The van der Waals surface area contributed by atoms with E-state index in [9.17, 15) is 5.11 Å². The molecule has 26 heavy (non-hydrogen) atoms.